The maximum absolute atomic E-state index is 5.73. The Morgan fingerprint density at radius 3 is 2.59 bits per heavy atom. The standard InChI is InChI=1S/C13H17N3O/c1-9-11(8-14)10(2)16(15-9)12-6-4-5-7-13(12)17-3/h4-7H,8,14H2,1-3H3. The van der Waals surface area contributed by atoms with Crippen molar-refractivity contribution in [3.05, 3.63) is 41.2 Å². The van der Waals surface area contributed by atoms with Gasteiger partial charge in [0.25, 0.3) is 0 Å². The Kier molecular flexibility index (Phi) is 3.15. The first-order chi connectivity index (χ1) is 8.19. The number of para-hydroxylation sites is 2. The highest BCUT2D eigenvalue weighted by Crippen LogP contribution is 2.25. The second kappa shape index (κ2) is 4.59. The Balaban J connectivity index is 2.61. The van der Waals surface area contributed by atoms with Crippen molar-refractivity contribution < 1.29 is 4.74 Å². The van der Waals surface area contributed by atoms with Crippen LogP contribution in [-0.4, -0.2) is 16.9 Å². The fourth-order valence-corrected chi connectivity index (χ4v) is 2.01. The molecule has 0 radical (unpaired) electrons. The molecule has 0 fully saturated rings. The topological polar surface area (TPSA) is 53.1 Å². The smallest absolute Gasteiger partial charge is 0.144 e. The SMILES string of the molecule is COc1ccccc1-n1nc(C)c(CN)c1C. The first kappa shape index (κ1) is 11.7. The molecule has 4 nitrogen and oxygen atoms in total. The van der Waals surface area contributed by atoms with Gasteiger partial charge in [-0.05, 0) is 26.0 Å². The fraction of sp³-hybridized carbons (Fsp3) is 0.308. The zero-order valence-electron chi connectivity index (χ0n) is 10.4. The van der Waals surface area contributed by atoms with Gasteiger partial charge in [0.1, 0.15) is 11.4 Å². The van der Waals surface area contributed by atoms with Gasteiger partial charge in [-0.2, -0.15) is 5.10 Å². The highest BCUT2D eigenvalue weighted by atomic mass is 16.5. The quantitative estimate of drug-likeness (QED) is 0.878. The summed E-state index contributed by atoms with van der Waals surface area (Å²) in [6.45, 7) is 4.50. The van der Waals surface area contributed by atoms with Crippen molar-refractivity contribution in [3.8, 4) is 11.4 Å². The van der Waals surface area contributed by atoms with E-state index >= 15 is 0 Å². The molecule has 0 saturated carbocycles. The van der Waals surface area contributed by atoms with E-state index in [1.165, 1.54) is 0 Å². The Morgan fingerprint density at radius 1 is 1.29 bits per heavy atom. The van der Waals surface area contributed by atoms with Crippen LogP contribution < -0.4 is 10.5 Å². The molecule has 1 heterocycles. The van der Waals surface area contributed by atoms with Gasteiger partial charge >= 0.3 is 0 Å². The van der Waals surface area contributed by atoms with Crippen molar-refractivity contribution >= 4 is 0 Å². The van der Waals surface area contributed by atoms with Crippen LogP contribution in [0.4, 0.5) is 0 Å². The summed E-state index contributed by atoms with van der Waals surface area (Å²) < 4.78 is 7.23. The summed E-state index contributed by atoms with van der Waals surface area (Å²) in [5, 5.41) is 4.52. The van der Waals surface area contributed by atoms with Crippen molar-refractivity contribution in [2.24, 2.45) is 5.73 Å². The van der Waals surface area contributed by atoms with E-state index in [4.69, 9.17) is 10.5 Å². The molecule has 0 atom stereocenters. The highest BCUT2D eigenvalue weighted by molar-refractivity contribution is 5.48. The lowest BCUT2D eigenvalue weighted by Crippen LogP contribution is -2.03. The summed E-state index contributed by atoms with van der Waals surface area (Å²) >= 11 is 0. The van der Waals surface area contributed by atoms with E-state index in [-0.39, 0.29) is 0 Å². The maximum Gasteiger partial charge on any atom is 0.144 e. The van der Waals surface area contributed by atoms with E-state index in [2.05, 4.69) is 5.10 Å². The van der Waals surface area contributed by atoms with Crippen LogP contribution in [0.25, 0.3) is 5.69 Å². The predicted molar refractivity (Wildman–Crippen MR) is 67.5 cm³/mol. The molecule has 17 heavy (non-hydrogen) atoms. The van der Waals surface area contributed by atoms with Crippen LogP contribution in [0.1, 0.15) is 17.0 Å². The zero-order valence-corrected chi connectivity index (χ0v) is 10.4. The minimum absolute atomic E-state index is 0.507. The van der Waals surface area contributed by atoms with E-state index in [1.807, 2.05) is 42.8 Å². The summed E-state index contributed by atoms with van der Waals surface area (Å²) in [4.78, 5) is 0. The van der Waals surface area contributed by atoms with E-state index in [1.54, 1.807) is 7.11 Å². The van der Waals surface area contributed by atoms with Crippen molar-refractivity contribution in [1.29, 1.82) is 0 Å². The van der Waals surface area contributed by atoms with Crippen molar-refractivity contribution in [2.45, 2.75) is 20.4 Å². The van der Waals surface area contributed by atoms with Crippen LogP contribution in [0.5, 0.6) is 5.75 Å². The molecule has 90 valence electrons. The van der Waals surface area contributed by atoms with Crippen LogP contribution in [0.3, 0.4) is 0 Å². The molecule has 0 aliphatic rings. The lowest BCUT2D eigenvalue weighted by molar-refractivity contribution is 0.411. The van der Waals surface area contributed by atoms with E-state index in [0.29, 0.717) is 6.54 Å². The molecular weight excluding hydrogens is 214 g/mol. The average molecular weight is 231 g/mol. The monoisotopic (exact) mass is 231 g/mol. The zero-order chi connectivity index (χ0) is 12.4. The molecule has 0 spiro atoms. The molecule has 4 heteroatoms. The Bertz CT molecular complexity index is 531. The minimum Gasteiger partial charge on any atom is -0.494 e. The number of rotatable bonds is 3. The molecule has 2 rings (SSSR count). The fourth-order valence-electron chi connectivity index (χ4n) is 2.01. The summed E-state index contributed by atoms with van der Waals surface area (Å²) in [6.07, 6.45) is 0. The number of nitrogens with zero attached hydrogens (tertiary/aromatic N) is 2. The van der Waals surface area contributed by atoms with Gasteiger partial charge in [-0.1, -0.05) is 12.1 Å². The number of hydrogen-bond donors (Lipinski definition) is 1. The number of ether oxygens (including phenoxy) is 1. The lowest BCUT2D eigenvalue weighted by atomic mass is 10.2. The first-order valence-corrected chi connectivity index (χ1v) is 5.57. The summed E-state index contributed by atoms with van der Waals surface area (Å²) in [6, 6.07) is 7.82. The van der Waals surface area contributed by atoms with E-state index in [0.717, 1.165) is 28.4 Å². The molecule has 0 saturated heterocycles. The summed E-state index contributed by atoms with van der Waals surface area (Å²) in [7, 11) is 1.66. The number of aromatic nitrogens is 2. The molecule has 1 aromatic heterocycles. The molecule has 0 unspecified atom stereocenters. The van der Waals surface area contributed by atoms with Crippen LogP contribution in [0.2, 0.25) is 0 Å². The molecule has 0 amide bonds. The number of hydrogen-bond acceptors (Lipinski definition) is 3. The Morgan fingerprint density at radius 2 is 2.00 bits per heavy atom. The predicted octanol–water partition coefficient (Wildman–Crippen LogP) is 1.96. The summed E-state index contributed by atoms with van der Waals surface area (Å²) in [5.74, 6) is 0.807. The van der Waals surface area contributed by atoms with E-state index in [9.17, 15) is 0 Å². The van der Waals surface area contributed by atoms with Crippen LogP contribution >= 0.6 is 0 Å². The van der Waals surface area contributed by atoms with Crippen LogP contribution in [0.15, 0.2) is 24.3 Å². The van der Waals surface area contributed by atoms with Gasteiger partial charge in [0, 0.05) is 17.8 Å². The molecule has 0 bridgehead atoms. The third-order valence-corrected chi connectivity index (χ3v) is 2.96. The molecule has 0 aliphatic heterocycles. The lowest BCUT2D eigenvalue weighted by Gasteiger charge is -2.09. The Hall–Kier alpha value is -1.81. The third kappa shape index (κ3) is 1.91. The van der Waals surface area contributed by atoms with Gasteiger partial charge in [-0.3, -0.25) is 0 Å². The Labute approximate surface area is 101 Å². The minimum atomic E-state index is 0.507. The highest BCUT2D eigenvalue weighted by Gasteiger charge is 2.13. The average Bonchev–Trinajstić information content (AvgIpc) is 2.64. The van der Waals surface area contributed by atoms with Crippen molar-refractivity contribution in [3.63, 3.8) is 0 Å². The first-order valence-electron chi connectivity index (χ1n) is 5.57. The molecule has 0 aliphatic carbocycles. The summed E-state index contributed by atoms with van der Waals surface area (Å²) in [5.41, 5.74) is 9.80. The van der Waals surface area contributed by atoms with Crippen molar-refractivity contribution in [2.75, 3.05) is 7.11 Å². The number of methoxy groups -OCH3 is 1. The normalized spacial score (nSPS) is 10.6. The van der Waals surface area contributed by atoms with Gasteiger partial charge in [-0.25, -0.2) is 4.68 Å². The van der Waals surface area contributed by atoms with E-state index < -0.39 is 0 Å². The van der Waals surface area contributed by atoms with Crippen LogP contribution in [-0.2, 0) is 6.54 Å². The molecule has 1 aromatic carbocycles. The second-order valence-corrected chi connectivity index (χ2v) is 3.94. The molecule has 2 aromatic rings. The molecule has 2 N–H and O–H groups in total. The van der Waals surface area contributed by atoms with Gasteiger partial charge in [0.05, 0.1) is 12.8 Å². The number of benzene rings is 1. The van der Waals surface area contributed by atoms with Crippen molar-refractivity contribution in [1.82, 2.24) is 9.78 Å². The van der Waals surface area contributed by atoms with Crippen LogP contribution in [0, 0.1) is 13.8 Å². The number of aryl methyl sites for hydroxylation is 1. The maximum atomic E-state index is 5.73. The largest absolute Gasteiger partial charge is 0.494 e. The molecular formula is C13H17N3O. The van der Waals surface area contributed by atoms with Gasteiger partial charge < -0.3 is 10.5 Å². The van der Waals surface area contributed by atoms with Gasteiger partial charge in [0.15, 0.2) is 0 Å². The number of nitrogens with two attached hydrogens (primary N) is 1. The van der Waals surface area contributed by atoms with Gasteiger partial charge in [0.2, 0.25) is 0 Å². The third-order valence-electron chi connectivity index (χ3n) is 2.96. The van der Waals surface area contributed by atoms with Gasteiger partial charge in [-0.15, -0.1) is 0 Å². The second-order valence-electron chi connectivity index (χ2n) is 3.94.